The summed E-state index contributed by atoms with van der Waals surface area (Å²) in [5.41, 5.74) is 13.1. The number of anilines is 4. The molecule has 6 N–H and O–H groups in total. The summed E-state index contributed by atoms with van der Waals surface area (Å²) in [6.45, 7) is 2.39. The molecule has 0 saturated heterocycles. The molecule has 0 bridgehead atoms. The first-order valence-corrected chi connectivity index (χ1v) is 19.3. The van der Waals surface area contributed by atoms with E-state index >= 15 is 0 Å². The van der Waals surface area contributed by atoms with Crippen LogP contribution in [0, 0.1) is 22.7 Å². The average Bonchev–Trinajstić information content (AvgIpc) is 3.87. The summed E-state index contributed by atoms with van der Waals surface area (Å²) in [6.07, 6.45) is 10.5. The van der Waals surface area contributed by atoms with Crippen LogP contribution in [0.3, 0.4) is 0 Å². The highest BCUT2D eigenvalue weighted by molar-refractivity contribution is 5.78. The normalized spacial score (nSPS) is 18.4. The molecule has 2 aromatic carbocycles. The number of nitrogens with zero attached hydrogens (tertiary/aromatic N) is 9. The number of methoxy groups -OCH3 is 1. The summed E-state index contributed by atoms with van der Waals surface area (Å²) in [4.78, 5) is 18.5. The summed E-state index contributed by atoms with van der Waals surface area (Å²) in [5.74, 6) is 4.47. The van der Waals surface area contributed by atoms with Crippen molar-refractivity contribution in [2.75, 3.05) is 29.8 Å². The summed E-state index contributed by atoms with van der Waals surface area (Å²) in [7, 11) is 1.63. The molecule has 0 unspecified atom stereocenters. The zero-order chi connectivity index (χ0) is 40.7. The average molecular weight is 795 g/mol. The highest BCUT2D eigenvalue weighted by atomic mass is 16.5. The zero-order valence-electron chi connectivity index (χ0n) is 32.4. The van der Waals surface area contributed by atoms with E-state index in [0.717, 1.165) is 36.8 Å². The van der Waals surface area contributed by atoms with E-state index in [2.05, 4.69) is 46.2 Å². The first kappa shape index (κ1) is 38.4. The van der Waals surface area contributed by atoms with Gasteiger partial charge in [0.2, 0.25) is 0 Å². The number of nitrogens with one attached hydrogen (secondary N) is 4. The van der Waals surface area contributed by atoms with E-state index in [-0.39, 0.29) is 35.7 Å². The Morgan fingerprint density at radius 3 is 2.02 bits per heavy atom. The number of rotatable bonds is 15. The Kier molecular flexibility index (Phi) is 11.3. The van der Waals surface area contributed by atoms with Gasteiger partial charge in [0, 0.05) is 31.0 Å². The van der Waals surface area contributed by atoms with Gasteiger partial charge in [-0.15, -0.1) is 5.10 Å². The van der Waals surface area contributed by atoms with E-state index in [1.54, 1.807) is 11.9 Å². The number of ether oxygens (including phenoxy) is 4. The van der Waals surface area contributed by atoms with E-state index in [4.69, 9.17) is 35.0 Å². The lowest BCUT2D eigenvalue weighted by Gasteiger charge is -2.37. The Hall–Kier alpha value is -7.44. The molecule has 2 aliphatic carbocycles. The van der Waals surface area contributed by atoms with E-state index in [1.165, 1.54) is 24.8 Å². The van der Waals surface area contributed by atoms with Crippen LogP contribution in [-0.4, -0.2) is 78.0 Å². The van der Waals surface area contributed by atoms with Crippen molar-refractivity contribution in [3.63, 3.8) is 0 Å². The lowest BCUT2D eigenvalue weighted by atomic mass is 9.89. The maximum absolute atomic E-state index is 9.20. The zero-order valence-corrected chi connectivity index (χ0v) is 32.4. The van der Waals surface area contributed by atoms with Crippen LogP contribution in [-0.2, 0) is 0 Å². The first-order chi connectivity index (χ1) is 28.9. The van der Waals surface area contributed by atoms with Crippen molar-refractivity contribution >= 4 is 23.3 Å². The SMILES string of the molecule is CCOc1cccc(OC2CC(Nn3nc(Nc4cnc(C#N)cn4)cc3-c3c(OC)cccc3OC3CCC(N)CC3)C2)c1-c1cc(Nc2cnc(C#N)cn2)n[nH]1. The van der Waals surface area contributed by atoms with Crippen molar-refractivity contribution in [2.45, 2.75) is 69.7 Å². The highest BCUT2D eigenvalue weighted by Crippen LogP contribution is 2.43. The number of aromatic nitrogens is 8. The fraction of sp³-hybridized carbons (Fsp3) is 0.317. The predicted molar refractivity (Wildman–Crippen MR) is 217 cm³/mol. The number of nitriles is 2. The van der Waals surface area contributed by atoms with E-state index in [0.29, 0.717) is 77.1 Å². The molecule has 2 aliphatic rings. The second-order valence-electron chi connectivity index (χ2n) is 14.1. The molecule has 18 heteroatoms. The third-order valence-electron chi connectivity index (χ3n) is 10.1. The van der Waals surface area contributed by atoms with Crippen molar-refractivity contribution in [1.29, 1.82) is 10.5 Å². The van der Waals surface area contributed by atoms with Gasteiger partial charge in [0.15, 0.2) is 23.0 Å². The standard InChI is InChI=1S/C41H42N14O4/c1-3-57-33-7-5-8-34(40(33)30-16-36(52-51-30)49-38-22-45-26(18-42)20-47-38)59-29-14-25(15-29)53-55-31(17-37(54-55)50-39-23-46-27(19-43)21-48-39)41-32(56-2)6-4-9-35(41)58-28-12-10-24(44)11-13-28/h4-9,16-17,20-25,28-29,53H,3,10-15,44H2,1-2H3,(H,48,50,54)(H2,47,49,51,52). The Bertz CT molecular complexity index is 2460. The minimum atomic E-state index is -0.120. The van der Waals surface area contributed by atoms with Crippen LogP contribution in [0.1, 0.15) is 56.8 Å². The second-order valence-corrected chi connectivity index (χ2v) is 14.1. The molecule has 4 heterocycles. The van der Waals surface area contributed by atoms with Gasteiger partial charge >= 0.3 is 0 Å². The smallest absolute Gasteiger partial charge is 0.158 e. The van der Waals surface area contributed by atoms with Crippen molar-refractivity contribution in [1.82, 2.24) is 40.0 Å². The Morgan fingerprint density at radius 2 is 1.39 bits per heavy atom. The molecule has 300 valence electrons. The topological polar surface area (TPSA) is 245 Å². The van der Waals surface area contributed by atoms with Gasteiger partial charge in [0.05, 0.1) is 67.5 Å². The third kappa shape index (κ3) is 8.78. The largest absolute Gasteiger partial charge is 0.496 e. The molecule has 6 aromatic rings. The molecule has 0 aliphatic heterocycles. The van der Waals surface area contributed by atoms with Gasteiger partial charge in [0.1, 0.15) is 58.6 Å². The van der Waals surface area contributed by atoms with Crippen LogP contribution in [0.4, 0.5) is 23.3 Å². The molecule has 2 fully saturated rings. The van der Waals surface area contributed by atoms with Crippen LogP contribution in [0.5, 0.6) is 23.0 Å². The van der Waals surface area contributed by atoms with Crippen LogP contribution >= 0.6 is 0 Å². The molecule has 0 radical (unpaired) electrons. The van der Waals surface area contributed by atoms with Gasteiger partial charge in [-0.2, -0.15) is 20.4 Å². The molecular weight excluding hydrogens is 753 g/mol. The number of aromatic amines is 1. The monoisotopic (exact) mass is 794 g/mol. The van der Waals surface area contributed by atoms with E-state index < -0.39 is 0 Å². The van der Waals surface area contributed by atoms with Crippen molar-refractivity contribution in [3.8, 4) is 57.7 Å². The lowest BCUT2D eigenvalue weighted by Crippen LogP contribution is -2.46. The van der Waals surface area contributed by atoms with Crippen LogP contribution < -0.4 is 40.7 Å². The maximum atomic E-state index is 9.20. The van der Waals surface area contributed by atoms with Crippen LogP contribution in [0.15, 0.2) is 73.3 Å². The van der Waals surface area contributed by atoms with Gasteiger partial charge in [-0.1, -0.05) is 12.1 Å². The summed E-state index contributed by atoms with van der Waals surface area (Å²) >= 11 is 0. The third-order valence-corrected chi connectivity index (χ3v) is 10.1. The van der Waals surface area contributed by atoms with Crippen molar-refractivity contribution < 1.29 is 18.9 Å². The van der Waals surface area contributed by atoms with Gasteiger partial charge in [-0.05, 0) is 56.9 Å². The molecular formula is C41H42N14O4. The summed E-state index contributed by atoms with van der Waals surface area (Å²) in [6, 6.07) is 19.3. The molecule has 0 atom stereocenters. The predicted octanol–water partition coefficient (Wildman–Crippen LogP) is 5.96. The minimum Gasteiger partial charge on any atom is -0.496 e. The van der Waals surface area contributed by atoms with E-state index in [9.17, 15) is 5.26 Å². The van der Waals surface area contributed by atoms with Crippen molar-refractivity contribution in [3.05, 3.63) is 84.7 Å². The van der Waals surface area contributed by atoms with Gasteiger partial charge < -0.3 is 40.7 Å². The van der Waals surface area contributed by atoms with Crippen LogP contribution in [0.2, 0.25) is 0 Å². The number of nitrogens with two attached hydrogens (primary N) is 1. The fourth-order valence-corrected chi connectivity index (χ4v) is 7.08. The summed E-state index contributed by atoms with van der Waals surface area (Å²) in [5, 5.41) is 37.0. The van der Waals surface area contributed by atoms with Gasteiger partial charge in [-0.25, -0.2) is 19.9 Å². The summed E-state index contributed by atoms with van der Waals surface area (Å²) < 4.78 is 25.2. The molecule has 4 aromatic heterocycles. The van der Waals surface area contributed by atoms with Gasteiger partial charge in [0.25, 0.3) is 0 Å². The Balaban J connectivity index is 1.02. The second kappa shape index (κ2) is 17.4. The Labute approximate surface area is 339 Å². The minimum absolute atomic E-state index is 0.00451. The maximum Gasteiger partial charge on any atom is 0.158 e. The quantitative estimate of drug-likeness (QED) is 0.0805. The fourth-order valence-electron chi connectivity index (χ4n) is 7.08. The molecule has 0 amide bonds. The Morgan fingerprint density at radius 1 is 0.763 bits per heavy atom. The molecule has 2 saturated carbocycles. The first-order valence-electron chi connectivity index (χ1n) is 19.3. The van der Waals surface area contributed by atoms with Crippen molar-refractivity contribution in [2.24, 2.45) is 5.73 Å². The lowest BCUT2D eigenvalue weighted by molar-refractivity contribution is 0.103. The highest BCUT2D eigenvalue weighted by Gasteiger charge is 2.34. The number of benzene rings is 2. The molecule has 18 nitrogen and oxygen atoms in total. The number of hydrogen-bond acceptors (Lipinski definition) is 16. The van der Waals surface area contributed by atoms with Crippen LogP contribution in [0.25, 0.3) is 22.5 Å². The molecule has 0 spiro atoms. The molecule has 59 heavy (non-hydrogen) atoms. The molecule has 8 rings (SSSR count). The number of H-pyrrole nitrogens is 1. The van der Waals surface area contributed by atoms with E-state index in [1.807, 2.05) is 67.6 Å². The van der Waals surface area contributed by atoms with Gasteiger partial charge in [-0.3, -0.25) is 5.10 Å². The number of hydrogen-bond donors (Lipinski definition) is 5.